The molecule has 9 aromatic heterocycles. The Morgan fingerprint density at radius 2 is 0.376 bits per heavy atom. The van der Waals surface area contributed by atoms with Crippen molar-refractivity contribution in [1.82, 2.24) is 27.4 Å². The van der Waals surface area contributed by atoms with Gasteiger partial charge in [0.05, 0.1) is 80.4 Å². The molecule has 0 radical (unpaired) electrons. The molecule has 9 heterocycles. The van der Waals surface area contributed by atoms with Crippen molar-refractivity contribution in [3.05, 3.63) is 489 Å². The summed E-state index contributed by atoms with van der Waals surface area (Å²) in [5.41, 5.74) is 29.6. The van der Waals surface area contributed by atoms with Crippen LogP contribution in [0.1, 0.15) is 0 Å². The van der Waals surface area contributed by atoms with Gasteiger partial charge in [-0.2, -0.15) is 0 Å². The van der Waals surface area contributed by atoms with Gasteiger partial charge in [0.15, 0.2) is 17.1 Å². The van der Waals surface area contributed by atoms with E-state index in [1.54, 1.807) is 0 Å². The molecule has 30 rings (SSSR count). The van der Waals surface area contributed by atoms with Crippen LogP contribution in [0, 0.1) is 19.7 Å². The van der Waals surface area contributed by atoms with E-state index in [1.165, 1.54) is 148 Å². The molecule has 21 aromatic carbocycles. The zero-order valence-electron chi connectivity index (χ0n) is 75.6. The van der Waals surface area contributed by atoms with Gasteiger partial charge in [-0.3, -0.25) is 0 Å². The van der Waals surface area contributed by atoms with E-state index in [2.05, 4.69) is 461 Å². The number of benzene rings is 21. The Morgan fingerprint density at radius 1 is 0.149 bits per heavy atom. The summed E-state index contributed by atoms with van der Waals surface area (Å²) >= 11 is 5.59. The summed E-state index contributed by atoms with van der Waals surface area (Å²) in [5.74, 6) is 0. The molecule has 654 valence electrons. The lowest BCUT2D eigenvalue weighted by Crippen LogP contribution is -1.96. The van der Waals surface area contributed by atoms with Gasteiger partial charge in [-0.05, 0) is 220 Å². The van der Waals surface area contributed by atoms with Crippen molar-refractivity contribution >= 4 is 242 Å². The minimum absolute atomic E-state index is 0.637. The highest BCUT2D eigenvalue weighted by Crippen LogP contribution is 2.50. The van der Waals surface area contributed by atoms with E-state index < -0.39 is 0 Å². The Kier molecular flexibility index (Phi) is 18.6. The summed E-state index contributed by atoms with van der Waals surface area (Å²) in [6.07, 6.45) is 0. The van der Waals surface area contributed by atoms with E-state index in [4.69, 9.17) is 19.7 Å². The highest BCUT2D eigenvalue weighted by Gasteiger charge is 2.26. The Hall–Kier alpha value is -18.5. The number of thiophene rings is 3. The molecule has 0 saturated carbocycles. The van der Waals surface area contributed by atoms with Crippen molar-refractivity contribution in [2.75, 3.05) is 0 Å². The highest BCUT2D eigenvalue weighted by molar-refractivity contribution is 7.27. The monoisotopic (exact) mass is 1850 g/mol. The molecular weight excluding hydrogens is 1770 g/mol. The summed E-state index contributed by atoms with van der Waals surface area (Å²) in [4.78, 5) is 11.3. The van der Waals surface area contributed by atoms with Crippen LogP contribution in [-0.2, 0) is 0 Å². The van der Waals surface area contributed by atoms with E-state index in [0.717, 1.165) is 111 Å². The molecule has 0 bridgehead atoms. The van der Waals surface area contributed by atoms with Gasteiger partial charge < -0.3 is 27.4 Å². The van der Waals surface area contributed by atoms with Gasteiger partial charge in [0.2, 0.25) is 0 Å². The summed E-state index contributed by atoms with van der Waals surface area (Å²) in [6, 6.07) is 163. The largest absolute Gasteiger partial charge is 0.310 e. The quantitative estimate of drug-likeness (QED) is 0.129. The number of hydrogen-bond acceptors (Lipinski definition) is 3. The van der Waals surface area contributed by atoms with Gasteiger partial charge in [0, 0.05) is 154 Å². The minimum Gasteiger partial charge on any atom is -0.310 e. The predicted molar refractivity (Wildman–Crippen MR) is 599 cm³/mol. The van der Waals surface area contributed by atoms with Crippen LogP contribution in [0.15, 0.2) is 455 Å². The Labute approximate surface area is 820 Å². The average Bonchev–Trinajstić information content (AvgIpc) is 1.56. The van der Waals surface area contributed by atoms with Crippen LogP contribution >= 0.6 is 34.0 Å². The molecule has 0 spiro atoms. The second-order valence-electron chi connectivity index (χ2n) is 36.2. The van der Waals surface area contributed by atoms with Crippen LogP contribution in [-0.4, -0.2) is 27.4 Å². The molecule has 0 aliphatic rings. The first-order valence-electron chi connectivity index (χ1n) is 47.2. The summed E-state index contributed by atoms with van der Waals surface area (Å²) in [6.45, 7) is 23.2. The lowest BCUT2D eigenvalue weighted by molar-refractivity contribution is 1.16. The lowest BCUT2D eigenvalue weighted by Gasteiger charge is -2.11. The Bertz CT molecular complexity index is 10600. The van der Waals surface area contributed by atoms with Crippen LogP contribution in [0.25, 0.3) is 273 Å². The van der Waals surface area contributed by atoms with Crippen molar-refractivity contribution in [3.8, 4) is 67.5 Å². The van der Waals surface area contributed by atoms with E-state index in [1.807, 2.05) is 70.4 Å². The second kappa shape index (κ2) is 32.4. The van der Waals surface area contributed by atoms with Crippen molar-refractivity contribution in [2.24, 2.45) is 0 Å². The Morgan fingerprint density at radius 3 is 0.695 bits per heavy atom. The van der Waals surface area contributed by atoms with E-state index >= 15 is 0 Å². The fourth-order valence-corrected chi connectivity index (χ4v) is 26.0. The zero-order chi connectivity index (χ0) is 93.2. The van der Waals surface area contributed by atoms with E-state index in [9.17, 15) is 0 Å². The molecule has 9 nitrogen and oxygen atoms in total. The first kappa shape index (κ1) is 81.0. The number of nitrogens with zero attached hydrogens (tertiary/aromatic N) is 9. The number of rotatable bonds is 9. The maximum absolute atomic E-state index is 7.78. The van der Waals surface area contributed by atoms with Crippen LogP contribution < -0.4 is 0 Å². The van der Waals surface area contributed by atoms with Gasteiger partial charge in [-0.25, -0.2) is 14.5 Å². The van der Waals surface area contributed by atoms with Crippen LogP contribution in [0.3, 0.4) is 0 Å². The molecule has 0 saturated heterocycles. The molecule has 0 N–H and O–H groups in total. The molecule has 30 aromatic rings. The maximum atomic E-state index is 7.78. The Balaban J connectivity index is 0.000000104. The van der Waals surface area contributed by atoms with Gasteiger partial charge in [0.25, 0.3) is 0 Å². The fraction of sp³-hybridized carbons (Fsp3) is 0. The second-order valence-corrected chi connectivity index (χ2v) is 39.3. The third kappa shape index (κ3) is 12.8. The summed E-state index contributed by atoms with van der Waals surface area (Å²) in [5, 5.41) is 22.0. The standard InChI is InChI=1S/3C43H25N3S/c1-44-28-20-23-33-37-25-36-32-12-5-7-16-38(32)45(29-10-3-2-4-11-29)40(36)26-41(37)46(39(33)24-28)30-21-18-27(19-22-30)31-14-9-15-35-34-13-6-8-17-42(34)47-43(31)35;1-44-28-20-23-39-35(24-28)37-25-36-32-12-5-7-16-38(32)46(40(36)26-41(37)45(39)29-10-3-2-4-11-29)30-21-18-27(19-22-30)31-14-9-15-34-33-13-6-8-17-42(33)47-43(31)34;1-44-28-20-23-39-35(24-28)37-25-36-32-12-5-7-16-38(32)45(29-10-3-2-4-11-29)40(36)26-41(37)46(39)30-21-18-27(19-22-30)31-14-9-15-34-33-13-6-8-17-42(33)47-43(31)34/h3*2-26H. The van der Waals surface area contributed by atoms with E-state index in [-0.39, 0.29) is 0 Å². The van der Waals surface area contributed by atoms with Crippen molar-refractivity contribution in [1.29, 1.82) is 0 Å². The third-order valence-electron chi connectivity index (χ3n) is 28.6. The highest BCUT2D eigenvalue weighted by atomic mass is 32.1. The summed E-state index contributed by atoms with van der Waals surface area (Å²) in [7, 11) is 0. The van der Waals surface area contributed by atoms with Gasteiger partial charge >= 0.3 is 0 Å². The number of aromatic nitrogens is 6. The molecule has 0 aliphatic heterocycles. The lowest BCUT2D eigenvalue weighted by atomic mass is 10.0. The molecule has 0 atom stereocenters. The first-order chi connectivity index (χ1) is 69.8. The molecular formula is C129H75N9S3. The minimum atomic E-state index is 0.637. The molecule has 0 fully saturated rings. The number of hydrogen-bond donors (Lipinski definition) is 0. The normalized spacial score (nSPS) is 11.8. The topological polar surface area (TPSA) is 42.7 Å². The van der Waals surface area contributed by atoms with Crippen molar-refractivity contribution in [3.63, 3.8) is 0 Å². The molecule has 12 heteroatoms. The van der Waals surface area contributed by atoms with Gasteiger partial charge in [-0.1, -0.05) is 279 Å². The van der Waals surface area contributed by atoms with Crippen LogP contribution in [0.2, 0.25) is 0 Å². The summed E-state index contributed by atoms with van der Waals surface area (Å²) < 4.78 is 22.1. The van der Waals surface area contributed by atoms with Gasteiger partial charge in [-0.15, -0.1) is 34.0 Å². The fourth-order valence-electron chi connectivity index (χ4n) is 22.3. The molecule has 0 amide bonds. The third-order valence-corrected chi connectivity index (χ3v) is 32.2. The number of fused-ring (bicyclic) bond motifs is 27. The van der Waals surface area contributed by atoms with Crippen molar-refractivity contribution in [2.45, 2.75) is 0 Å². The van der Waals surface area contributed by atoms with E-state index in [0.29, 0.717) is 17.1 Å². The van der Waals surface area contributed by atoms with Gasteiger partial charge in [0.1, 0.15) is 0 Å². The SMILES string of the molecule is [C-]#[N+]c1ccc2c(c1)c1cc3c4ccccc4n(-c4ccc(-c5cccc6c5sc5ccccc56)cc4)c3cc1n2-c1ccccc1.[C-]#[N+]c1ccc2c(c1)c1cc3c4ccccc4n(-c4ccccc4)c3cc1n2-c1ccc(-c2cccc3c2sc2ccccc23)cc1.[C-]#[N+]c1ccc2c3cc4c5ccccc5n(-c5ccccc5)c4cc3n(-c3ccc(-c4cccc5c4sc4ccccc45)cc3)c2c1. The predicted octanol–water partition coefficient (Wildman–Crippen LogP) is 37.4. The van der Waals surface area contributed by atoms with Crippen LogP contribution in [0.5, 0.6) is 0 Å². The zero-order valence-corrected chi connectivity index (χ0v) is 78.0. The molecule has 0 unspecified atom stereocenters. The molecule has 0 aliphatic carbocycles. The smallest absolute Gasteiger partial charge is 0.189 e. The van der Waals surface area contributed by atoms with Crippen LogP contribution in [0.4, 0.5) is 17.1 Å². The molecule has 141 heavy (non-hydrogen) atoms. The number of para-hydroxylation sites is 6. The van der Waals surface area contributed by atoms with Crippen molar-refractivity contribution < 1.29 is 0 Å². The maximum Gasteiger partial charge on any atom is 0.189 e. The average molecular weight is 1850 g/mol. The first-order valence-corrected chi connectivity index (χ1v) is 49.6.